The van der Waals surface area contributed by atoms with Gasteiger partial charge in [0.15, 0.2) is 5.11 Å². The summed E-state index contributed by atoms with van der Waals surface area (Å²) in [6, 6.07) is 8.28. The van der Waals surface area contributed by atoms with Crippen LogP contribution in [0.1, 0.15) is 36.7 Å². The van der Waals surface area contributed by atoms with E-state index in [1.165, 1.54) is 6.07 Å². The van der Waals surface area contributed by atoms with Crippen LogP contribution in [0, 0.1) is 0 Å². The van der Waals surface area contributed by atoms with Gasteiger partial charge in [-0.2, -0.15) is 0 Å². The van der Waals surface area contributed by atoms with E-state index in [9.17, 15) is 9.59 Å². The van der Waals surface area contributed by atoms with Gasteiger partial charge in [0.1, 0.15) is 5.76 Å². The van der Waals surface area contributed by atoms with Crippen LogP contribution < -0.4 is 10.6 Å². The SMILES string of the molecule is CCCCC(=O)NC(=S)Nc1ccc(-c2ccc(C(=O)O)o2)c(Br)c1. The maximum absolute atomic E-state index is 11.7. The van der Waals surface area contributed by atoms with Crippen LogP contribution in [0.2, 0.25) is 0 Å². The van der Waals surface area contributed by atoms with Crippen LogP contribution in [0.3, 0.4) is 0 Å². The van der Waals surface area contributed by atoms with Crippen LogP contribution in [0.15, 0.2) is 39.2 Å². The van der Waals surface area contributed by atoms with Crippen LogP contribution in [0.5, 0.6) is 0 Å². The molecule has 132 valence electrons. The predicted molar refractivity (Wildman–Crippen MR) is 103 cm³/mol. The number of amides is 1. The lowest BCUT2D eigenvalue weighted by Crippen LogP contribution is -2.33. The predicted octanol–water partition coefficient (Wildman–Crippen LogP) is 4.41. The zero-order valence-electron chi connectivity index (χ0n) is 13.5. The number of carboxylic acids is 1. The number of carbonyl (C=O) groups is 2. The Morgan fingerprint density at radius 2 is 2.04 bits per heavy atom. The summed E-state index contributed by atoms with van der Waals surface area (Å²) in [5.41, 5.74) is 1.39. The number of rotatable bonds is 6. The molecular formula is C17H17BrN2O4S. The molecule has 0 spiro atoms. The van der Waals surface area contributed by atoms with Crippen LogP contribution in [0.4, 0.5) is 5.69 Å². The van der Waals surface area contributed by atoms with Gasteiger partial charge in [0, 0.05) is 22.1 Å². The lowest BCUT2D eigenvalue weighted by atomic mass is 10.1. The molecule has 1 heterocycles. The van der Waals surface area contributed by atoms with Crippen molar-refractivity contribution in [3.8, 4) is 11.3 Å². The molecule has 1 aromatic heterocycles. The number of hydrogen-bond donors (Lipinski definition) is 3. The minimum Gasteiger partial charge on any atom is -0.475 e. The summed E-state index contributed by atoms with van der Waals surface area (Å²) >= 11 is 8.55. The minimum absolute atomic E-state index is 0.119. The van der Waals surface area contributed by atoms with Gasteiger partial charge in [-0.3, -0.25) is 4.79 Å². The Labute approximate surface area is 158 Å². The van der Waals surface area contributed by atoms with Crippen molar-refractivity contribution >= 4 is 50.8 Å². The van der Waals surface area contributed by atoms with Crippen LogP contribution in [-0.4, -0.2) is 22.1 Å². The van der Waals surface area contributed by atoms with Crippen LogP contribution >= 0.6 is 28.1 Å². The maximum Gasteiger partial charge on any atom is 0.371 e. The molecule has 8 heteroatoms. The highest BCUT2D eigenvalue weighted by atomic mass is 79.9. The Bertz CT molecular complexity index is 804. The smallest absolute Gasteiger partial charge is 0.371 e. The summed E-state index contributed by atoms with van der Waals surface area (Å²) in [7, 11) is 0. The molecule has 1 amide bonds. The molecule has 6 nitrogen and oxygen atoms in total. The monoisotopic (exact) mass is 424 g/mol. The van der Waals surface area contributed by atoms with E-state index in [1.54, 1.807) is 24.3 Å². The highest BCUT2D eigenvalue weighted by Crippen LogP contribution is 2.32. The van der Waals surface area contributed by atoms with Gasteiger partial charge in [-0.15, -0.1) is 0 Å². The van der Waals surface area contributed by atoms with Gasteiger partial charge >= 0.3 is 5.97 Å². The van der Waals surface area contributed by atoms with Crippen LogP contribution in [-0.2, 0) is 4.79 Å². The van der Waals surface area contributed by atoms with Crippen molar-refractivity contribution in [1.82, 2.24) is 5.32 Å². The molecule has 0 fully saturated rings. The standard InChI is InChI=1S/C17H17BrN2O4S/c1-2-3-4-15(21)20-17(25)19-10-5-6-11(12(18)9-10)13-7-8-14(24-13)16(22)23/h5-9H,2-4H2,1H3,(H,22,23)(H2,19,20,21,25). The van der Waals surface area contributed by atoms with Gasteiger partial charge in [0.05, 0.1) is 0 Å². The number of aromatic carboxylic acids is 1. The van der Waals surface area contributed by atoms with Gasteiger partial charge in [0.25, 0.3) is 0 Å². The van der Waals surface area contributed by atoms with Crippen molar-refractivity contribution in [3.63, 3.8) is 0 Å². The van der Waals surface area contributed by atoms with Crippen molar-refractivity contribution in [2.24, 2.45) is 0 Å². The Morgan fingerprint density at radius 1 is 1.28 bits per heavy atom. The highest BCUT2D eigenvalue weighted by molar-refractivity contribution is 9.10. The Morgan fingerprint density at radius 3 is 2.64 bits per heavy atom. The second kappa shape index (κ2) is 8.77. The lowest BCUT2D eigenvalue weighted by molar-refractivity contribution is -0.119. The number of hydrogen-bond acceptors (Lipinski definition) is 4. The fraction of sp³-hybridized carbons (Fsp3) is 0.235. The first-order valence-corrected chi connectivity index (χ1v) is 8.84. The van der Waals surface area contributed by atoms with Gasteiger partial charge in [-0.25, -0.2) is 4.79 Å². The molecule has 0 aliphatic rings. The van der Waals surface area contributed by atoms with Crippen molar-refractivity contribution in [1.29, 1.82) is 0 Å². The molecule has 0 saturated carbocycles. The van der Waals surface area contributed by atoms with Crippen molar-refractivity contribution in [3.05, 3.63) is 40.6 Å². The molecule has 0 unspecified atom stereocenters. The number of benzene rings is 1. The third-order valence-electron chi connectivity index (χ3n) is 3.32. The van der Waals surface area contributed by atoms with Gasteiger partial charge in [-0.05, 0) is 64.9 Å². The second-order valence-electron chi connectivity index (χ2n) is 5.27. The number of carbonyl (C=O) groups excluding carboxylic acids is 1. The molecular weight excluding hydrogens is 408 g/mol. The van der Waals surface area contributed by atoms with E-state index in [4.69, 9.17) is 21.7 Å². The third kappa shape index (κ3) is 5.40. The number of unbranched alkanes of at least 4 members (excludes halogenated alkanes) is 1. The molecule has 25 heavy (non-hydrogen) atoms. The number of halogens is 1. The molecule has 0 aliphatic heterocycles. The lowest BCUT2D eigenvalue weighted by Gasteiger charge is -2.11. The summed E-state index contributed by atoms with van der Waals surface area (Å²) in [6.45, 7) is 2.02. The normalized spacial score (nSPS) is 10.3. The first kappa shape index (κ1) is 19.1. The zero-order chi connectivity index (χ0) is 18.4. The Balaban J connectivity index is 2.04. The van der Waals surface area contributed by atoms with Gasteiger partial charge < -0.3 is 20.2 Å². The van der Waals surface area contributed by atoms with Crippen molar-refractivity contribution in [2.45, 2.75) is 26.2 Å². The Hall–Kier alpha value is -2.19. The number of anilines is 1. The van der Waals surface area contributed by atoms with E-state index in [0.29, 0.717) is 27.9 Å². The Kier molecular flexibility index (Phi) is 6.72. The van der Waals surface area contributed by atoms with Gasteiger partial charge in [-0.1, -0.05) is 13.3 Å². The molecule has 0 atom stereocenters. The average Bonchev–Trinajstić information content (AvgIpc) is 3.02. The first-order valence-electron chi connectivity index (χ1n) is 7.64. The fourth-order valence-corrected chi connectivity index (χ4v) is 2.88. The molecule has 2 aromatic rings. The maximum atomic E-state index is 11.7. The molecule has 0 bridgehead atoms. The molecule has 3 N–H and O–H groups in total. The molecule has 1 aromatic carbocycles. The summed E-state index contributed by atoms with van der Waals surface area (Å²) in [4.78, 5) is 22.6. The minimum atomic E-state index is -1.12. The summed E-state index contributed by atoms with van der Waals surface area (Å²) in [6.07, 6.45) is 2.19. The molecule has 0 radical (unpaired) electrons. The first-order chi connectivity index (χ1) is 11.9. The van der Waals surface area contributed by atoms with Crippen LogP contribution in [0.25, 0.3) is 11.3 Å². The van der Waals surface area contributed by atoms with E-state index in [0.717, 1.165) is 12.8 Å². The fourth-order valence-electron chi connectivity index (χ4n) is 2.08. The van der Waals surface area contributed by atoms with Gasteiger partial charge in [0.2, 0.25) is 11.7 Å². The van der Waals surface area contributed by atoms with Crippen molar-refractivity contribution in [2.75, 3.05) is 5.32 Å². The van der Waals surface area contributed by atoms with E-state index in [2.05, 4.69) is 26.6 Å². The number of nitrogens with one attached hydrogen (secondary N) is 2. The van der Waals surface area contributed by atoms with E-state index < -0.39 is 5.97 Å². The summed E-state index contributed by atoms with van der Waals surface area (Å²) in [5.74, 6) is -0.928. The quantitative estimate of drug-likeness (QED) is 0.594. The van der Waals surface area contributed by atoms with E-state index in [1.807, 2.05) is 6.92 Å². The molecule has 0 saturated heterocycles. The largest absolute Gasteiger partial charge is 0.475 e. The summed E-state index contributed by atoms with van der Waals surface area (Å²) in [5, 5.41) is 14.7. The molecule has 0 aliphatic carbocycles. The van der Waals surface area contributed by atoms with E-state index in [-0.39, 0.29) is 16.8 Å². The average molecular weight is 425 g/mol. The van der Waals surface area contributed by atoms with E-state index >= 15 is 0 Å². The second-order valence-corrected chi connectivity index (χ2v) is 6.53. The number of thiocarbonyl (C=S) groups is 1. The summed E-state index contributed by atoms with van der Waals surface area (Å²) < 4.78 is 5.99. The molecule has 2 rings (SSSR count). The third-order valence-corrected chi connectivity index (χ3v) is 4.18. The topological polar surface area (TPSA) is 91.6 Å². The van der Waals surface area contributed by atoms with Crippen molar-refractivity contribution < 1.29 is 19.1 Å². The number of furan rings is 1. The number of carboxylic acid groups (broad SMARTS) is 1. The zero-order valence-corrected chi connectivity index (χ0v) is 15.9. The highest BCUT2D eigenvalue weighted by Gasteiger charge is 2.13.